The average Bonchev–Trinajstić information content (AvgIpc) is 3.22. The minimum Gasteiger partial charge on any atom is -0.465 e. The molecular formula is C46H91NO16PSi+. The van der Waals surface area contributed by atoms with Crippen LogP contribution in [-0.4, -0.2) is 142 Å². The minimum absolute atomic E-state index is 0.0246. The van der Waals surface area contributed by atoms with E-state index in [2.05, 4.69) is 6.92 Å². The fourth-order valence-electron chi connectivity index (χ4n) is 7.96. The van der Waals surface area contributed by atoms with Gasteiger partial charge in [-0.1, -0.05) is 71.6 Å². The van der Waals surface area contributed by atoms with Crippen molar-refractivity contribution in [2.45, 2.75) is 164 Å². The van der Waals surface area contributed by atoms with Crippen molar-refractivity contribution < 1.29 is 79.5 Å². The van der Waals surface area contributed by atoms with Crippen LogP contribution in [0.25, 0.3) is 0 Å². The first kappa shape index (κ1) is 63.0. The maximum Gasteiger partial charge on any atom is 0.500 e. The van der Waals surface area contributed by atoms with Gasteiger partial charge in [0.15, 0.2) is 0 Å². The maximum absolute atomic E-state index is 14.5. The van der Waals surface area contributed by atoms with Gasteiger partial charge in [0, 0.05) is 27.4 Å². The Bertz CT molecular complexity index is 1430. The second kappa shape index (κ2) is 30.5. The van der Waals surface area contributed by atoms with Gasteiger partial charge < -0.3 is 46.7 Å². The summed E-state index contributed by atoms with van der Waals surface area (Å²) >= 11 is 0. The van der Waals surface area contributed by atoms with E-state index in [4.69, 9.17) is 41.3 Å². The topological polar surface area (TPSA) is 209 Å². The van der Waals surface area contributed by atoms with Crippen molar-refractivity contribution in [3.8, 4) is 0 Å². The third kappa shape index (κ3) is 25.3. The summed E-state index contributed by atoms with van der Waals surface area (Å²) in [4.78, 5) is 66.5. The second-order valence-electron chi connectivity index (χ2n) is 20.0. The molecule has 0 saturated heterocycles. The fourth-order valence-corrected chi connectivity index (χ4v) is 10.3. The zero-order valence-corrected chi connectivity index (χ0v) is 44.7. The largest absolute Gasteiger partial charge is 0.500 e. The van der Waals surface area contributed by atoms with Crippen molar-refractivity contribution in [2.24, 2.45) is 21.7 Å². The number of hydrogen-bond acceptors (Lipinski definition) is 15. The number of hydrogen-bond donors (Lipinski definition) is 2. The Balaban J connectivity index is 6.50. The average molecular weight is 973 g/mol. The standard InChI is InChI=1S/C46H90NO16PSi/c1-15-17-18-19-20-21-22-23-24-25-28-59-41(51)46(8,36-44(6,16-2)40(50)60-31-32-63-64(53,54)62-30-27-47(9,10)11)37-45(7,42(52)61-34-38(3)48)35-43(4,5)39(49)58-29-26-33-65(55-12,56-13)57-14/h38,48H,15-37H2,1-14H3/p+1. The molecule has 19 heteroatoms. The van der Waals surface area contributed by atoms with E-state index in [0.717, 1.165) is 25.7 Å². The Morgan fingerprint density at radius 3 is 1.52 bits per heavy atom. The SMILES string of the molecule is CCCCCCCCCCCCOC(=O)C(C)(CC(C)(CC)C(=O)OCCOP(=O)(O)OCC[N+](C)(C)C)CC(C)(CC(C)(C)C(=O)OCCC[Si](OC)(OC)OC)C(=O)OCC(C)O. The smallest absolute Gasteiger partial charge is 0.465 e. The third-order valence-corrected chi connectivity index (χ3v) is 15.6. The van der Waals surface area contributed by atoms with Crippen LogP contribution in [0.5, 0.6) is 0 Å². The van der Waals surface area contributed by atoms with Gasteiger partial charge in [-0.05, 0) is 80.1 Å². The predicted molar refractivity (Wildman–Crippen MR) is 250 cm³/mol. The number of carbonyl (C=O) groups excluding carboxylic acids is 4. The number of nitrogens with zero attached hydrogens (tertiary/aromatic N) is 1. The van der Waals surface area contributed by atoms with Crippen molar-refractivity contribution >= 4 is 40.5 Å². The summed E-state index contributed by atoms with van der Waals surface area (Å²) < 4.78 is 62.4. The molecule has 0 aliphatic heterocycles. The Labute approximate surface area is 393 Å². The zero-order chi connectivity index (χ0) is 50.0. The van der Waals surface area contributed by atoms with Crippen LogP contribution in [0.2, 0.25) is 6.04 Å². The van der Waals surface area contributed by atoms with E-state index in [1.54, 1.807) is 41.5 Å². The van der Waals surface area contributed by atoms with E-state index >= 15 is 0 Å². The molecule has 0 bridgehead atoms. The van der Waals surface area contributed by atoms with Crippen molar-refractivity contribution in [2.75, 3.05) is 88.7 Å². The monoisotopic (exact) mass is 973 g/mol. The number of aliphatic hydroxyl groups is 1. The van der Waals surface area contributed by atoms with E-state index in [-0.39, 0.29) is 58.7 Å². The number of ether oxygens (including phenoxy) is 4. The molecule has 65 heavy (non-hydrogen) atoms. The van der Waals surface area contributed by atoms with E-state index in [0.29, 0.717) is 29.9 Å². The number of carbonyl (C=O) groups is 4. The Hall–Kier alpha value is -1.99. The highest BCUT2D eigenvalue weighted by Gasteiger charge is 2.53. The Kier molecular flexibility index (Phi) is 29.6. The summed E-state index contributed by atoms with van der Waals surface area (Å²) in [7, 11) is 2.89. The van der Waals surface area contributed by atoms with Crippen LogP contribution in [0.15, 0.2) is 0 Å². The van der Waals surface area contributed by atoms with Gasteiger partial charge in [-0.2, -0.15) is 0 Å². The summed E-state index contributed by atoms with van der Waals surface area (Å²) in [6, 6.07) is 0.395. The summed E-state index contributed by atoms with van der Waals surface area (Å²) in [6.07, 6.45) is 10.1. The number of aliphatic hydroxyl groups excluding tert-OH is 1. The highest BCUT2D eigenvalue weighted by molar-refractivity contribution is 7.47. The molecule has 0 aromatic heterocycles. The van der Waals surface area contributed by atoms with Crippen LogP contribution >= 0.6 is 7.82 Å². The van der Waals surface area contributed by atoms with Gasteiger partial charge in [0.2, 0.25) is 0 Å². The number of rotatable bonds is 39. The molecule has 0 spiro atoms. The first-order valence-electron chi connectivity index (χ1n) is 23.6. The lowest BCUT2D eigenvalue weighted by Gasteiger charge is -2.42. The molecule has 0 fully saturated rings. The second-order valence-corrected chi connectivity index (χ2v) is 24.6. The van der Waals surface area contributed by atoms with E-state index in [1.807, 2.05) is 21.1 Å². The lowest BCUT2D eigenvalue weighted by Crippen LogP contribution is -2.47. The number of unbranched alkanes of at least 4 members (excludes halogenated alkanes) is 9. The zero-order valence-electron chi connectivity index (χ0n) is 42.8. The molecule has 0 saturated carbocycles. The van der Waals surface area contributed by atoms with Crippen LogP contribution < -0.4 is 0 Å². The van der Waals surface area contributed by atoms with Crippen LogP contribution in [0, 0.1) is 21.7 Å². The van der Waals surface area contributed by atoms with E-state index < -0.39 is 74.9 Å². The minimum atomic E-state index is -4.42. The highest BCUT2D eigenvalue weighted by atomic mass is 31.2. The Morgan fingerprint density at radius 2 is 1.02 bits per heavy atom. The molecule has 5 atom stereocenters. The van der Waals surface area contributed by atoms with Crippen LogP contribution in [-0.2, 0) is 65.0 Å². The van der Waals surface area contributed by atoms with E-state index in [9.17, 15) is 33.7 Å². The third-order valence-electron chi connectivity index (χ3n) is 11.8. The molecule has 0 aliphatic rings. The maximum atomic E-state index is 14.5. The molecule has 5 unspecified atom stereocenters. The molecule has 0 radical (unpaired) electrons. The molecule has 2 N–H and O–H groups in total. The van der Waals surface area contributed by atoms with E-state index in [1.165, 1.54) is 60.4 Å². The molecule has 384 valence electrons. The first-order valence-corrected chi connectivity index (χ1v) is 27.0. The summed E-state index contributed by atoms with van der Waals surface area (Å²) in [5.74, 6) is -2.67. The quantitative estimate of drug-likeness (QED) is 0.0149. The van der Waals surface area contributed by atoms with Crippen molar-refractivity contribution in [3.05, 3.63) is 0 Å². The fraction of sp³-hybridized carbons (Fsp3) is 0.913. The number of phosphoric ester groups is 1. The van der Waals surface area contributed by atoms with Crippen LogP contribution in [0.4, 0.5) is 0 Å². The molecule has 17 nitrogen and oxygen atoms in total. The summed E-state index contributed by atoms with van der Waals surface area (Å²) in [5, 5.41) is 10.1. The van der Waals surface area contributed by atoms with Gasteiger partial charge in [0.05, 0.1) is 68.7 Å². The van der Waals surface area contributed by atoms with Gasteiger partial charge in [-0.25, -0.2) is 4.57 Å². The Morgan fingerprint density at radius 1 is 0.585 bits per heavy atom. The van der Waals surface area contributed by atoms with Crippen molar-refractivity contribution in [1.82, 2.24) is 0 Å². The van der Waals surface area contributed by atoms with Crippen LogP contribution in [0.1, 0.15) is 152 Å². The predicted octanol–water partition coefficient (Wildman–Crippen LogP) is 8.19. The van der Waals surface area contributed by atoms with Crippen LogP contribution in [0.3, 0.4) is 0 Å². The molecular weight excluding hydrogens is 882 g/mol. The number of quaternary nitrogens is 1. The van der Waals surface area contributed by atoms with Gasteiger partial charge in [-0.15, -0.1) is 0 Å². The molecule has 0 amide bonds. The molecule has 0 aromatic carbocycles. The first-order chi connectivity index (χ1) is 30.1. The van der Waals surface area contributed by atoms with Crippen molar-refractivity contribution in [3.63, 3.8) is 0 Å². The molecule has 0 aliphatic carbocycles. The number of phosphoric acid groups is 1. The van der Waals surface area contributed by atoms with Crippen molar-refractivity contribution in [1.29, 1.82) is 0 Å². The van der Waals surface area contributed by atoms with Gasteiger partial charge >= 0.3 is 40.5 Å². The molecule has 0 aromatic rings. The van der Waals surface area contributed by atoms with Gasteiger partial charge in [0.1, 0.15) is 26.4 Å². The molecule has 0 rings (SSSR count). The lowest BCUT2D eigenvalue weighted by molar-refractivity contribution is -0.870. The number of esters is 4. The normalized spacial score (nSPS) is 16.6. The number of likely N-dealkylation sites (N-methyl/N-ethyl adjacent to an activating group) is 1. The lowest BCUT2D eigenvalue weighted by atomic mass is 9.61. The summed E-state index contributed by atoms with van der Waals surface area (Å²) in [6.45, 7) is 13.1. The molecule has 0 heterocycles. The van der Waals surface area contributed by atoms with Gasteiger partial charge in [-0.3, -0.25) is 28.2 Å². The highest BCUT2D eigenvalue weighted by Crippen LogP contribution is 2.50. The summed E-state index contributed by atoms with van der Waals surface area (Å²) in [5.41, 5.74) is -5.68. The van der Waals surface area contributed by atoms with Gasteiger partial charge in [0.25, 0.3) is 0 Å².